The fraction of sp³-hybridized carbons (Fsp3) is 0.714. The van der Waals surface area contributed by atoms with Gasteiger partial charge in [-0.3, -0.25) is 4.90 Å². The molecule has 0 radical (unpaired) electrons. The Morgan fingerprint density at radius 2 is 2.16 bits per heavy atom. The predicted molar refractivity (Wildman–Crippen MR) is 78.3 cm³/mol. The lowest BCUT2D eigenvalue weighted by Crippen LogP contribution is -2.37. The van der Waals surface area contributed by atoms with Gasteiger partial charge in [0.25, 0.3) is 0 Å². The first-order chi connectivity index (χ1) is 9.08. The SMILES string of the molecule is CNc1cc(C)nc(CN2CCCN(C)CC2C)n1. The third kappa shape index (κ3) is 3.88. The van der Waals surface area contributed by atoms with Crippen LogP contribution in [0.3, 0.4) is 0 Å². The molecule has 1 saturated heterocycles. The van der Waals surface area contributed by atoms with Crippen molar-refractivity contribution in [2.45, 2.75) is 32.9 Å². The number of nitrogens with zero attached hydrogens (tertiary/aromatic N) is 4. The van der Waals surface area contributed by atoms with Crippen LogP contribution in [0.1, 0.15) is 24.9 Å². The molecule has 0 spiro atoms. The summed E-state index contributed by atoms with van der Waals surface area (Å²) < 4.78 is 0. The summed E-state index contributed by atoms with van der Waals surface area (Å²) in [5.74, 6) is 1.82. The first-order valence-electron chi connectivity index (χ1n) is 7.03. The zero-order valence-electron chi connectivity index (χ0n) is 12.5. The van der Waals surface area contributed by atoms with Crippen LogP contribution >= 0.6 is 0 Å². The molecule has 0 bridgehead atoms. The molecule has 106 valence electrons. The quantitative estimate of drug-likeness (QED) is 0.892. The molecule has 5 heteroatoms. The number of nitrogens with one attached hydrogen (secondary N) is 1. The van der Waals surface area contributed by atoms with E-state index in [1.165, 1.54) is 13.0 Å². The molecule has 1 aliphatic rings. The van der Waals surface area contributed by atoms with E-state index in [2.05, 4.69) is 39.1 Å². The summed E-state index contributed by atoms with van der Waals surface area (Å²) in [6.45, 7) is 8.56. The van der Waals surface area contributed by atoms with Crippen LogP contribution in [0.4, 0.5) is 5.82 Å². The lowest BCUT2D eigenvalue weighted by atomic mass is 10.2. The largest absolute Gasteiger partial charge is 0.373 e. The molecule has 5 nitrogen and oxygen atoms in total. The van der Waals surface area contributed by atoms with E-state index in [-0.39, 0.29) is 0 Å². The fourth-order valence-electron chi connectivity index (χ4n) is 2.67. The van der Waals surface area contributed by atoms with Gasteiger partial charge in [-0.1, -0.05) is 0 Å². The summed E-state index contributed by atoms with van der Waals surface area (Å²) in [6.07, 6.45) is 1.21. The summed E-state index contributed by atoms with van der Waals surface area (Å²) in [5, 5.41) is 3.10. The third-order valence-electron chi connectivity index (χ3n) is 3.69. The maximum Gasteiger partial charge on any atom is 0.144 e. The number of likely N-dealkylation sites (N-methyl/N-ethyl adjacent to an activating group) is 1. The van der Waals surface area contributed by atoms with Crippen molar-refractivity contribution >= 4 is 5.82 Å². The molecule has 1 aromatic heterocycles. The van der Waals surface area contributed by atoms with Crippen molar-refractivity contribution in [2.75, 3.05) is 39.0 Å². The van der Waals surface area contributed by atoms with Crippen LogP contribution in [0, 0.1) is 6.92 Å². The number of hydrogen-bond acceptors (Lipinski definition) is 5. The summed E-state index contributed by atoms with van der Waals surface area (Å²) in [4.78, 5) is 14.0. The number of rotatable bonds is 3. The van der Waals surface area contributed by atoms with Gasteiger partial charge in [-0.15, -0.1) is 0 Å². The lowest BCUT2D eigenvalue weighted by molar-refractivity contribution is 0.190. The van der Waals surface area contributed by atoms with Crippen LogP contribution in [0.5, 0.6) is 0 Å². The number of aromatic nitrogens is 2. The van der Waals surface area contributed by atoms with E-state index >= 15 is 0 Å². The van der Waals surface area contributed by atoms with Gasteiger partial charge in [-0.2, -0.15) is 0 Å². The second-order valence-corrected chi connectivity index (χ2v) is 5.50. The van der Waals surface area contributed by atoms with E-state index in [4.69, 9.17) is 0 Å². The van der Waals surface area contributed by atoms with Crippen LogP contribution in [0.2, 0.25) is 0 Å². The van der Waals surface area contributed by atoms with E-state index in [0.29, 0.717) is 6.04 Å². The van der Waals surface area contributed by atoms with Gasteiger partial charge >= 0.3 is 0 Å². The maximum atomic E-state index is 4.55. The molecule has 0 saturated carbocycles. The molecule has 1 N–H and O–H groups in total. The lowest BCUT2D eigenvalue weighted by Gasteiger charge is -2.27. The van der Waals surface area contributed by atoms with Gasteiger partial charge in [-0.05, 0) is 33.9 Å². The normalized spacial score (nSPS) is 22.2. The minimum Gasteiger partial charge on any atom is -0.373 e. The molecule has 19 heavy (non-hydrogen) atoms. The standard InChI is InChI=1S/C14H25N5/c1-11-8-13(15-3)17-14(16-11)10-19-7-5-6-18(4)9-12(19)2/h8,12H,5-7,9-10H2,1-4H3,(H,15,16,17). The van der Waals surface area contributed by atoms with Gasteiger partial charge < -0.3 is 10.2 Å². The number of hydrogen-bond donors (Lipinski definition) is 1. The molecule has 2 rings (SSSR count). The van der Waals surface area contributed by atoms with Crippen molar-refractivity contribution in [1.29, 1.82) is 0 Å². The summed E-state index contributed by atoms with van der Waals surface area (Å²) in [6, 6.07) is 2.53. The third-order valence-corrected chi connectivity index (χ3v) is 3.69. The van der Waals surface area contributed by atoms with Crippen LogP contribution in [-0.4, -0.2) is 59.5 Å². The Kier molecular flexibility index (Phi) is 4.71. The van der Waals surface area contributed by atoms with Crippen molar-refractivity contribution < 1.29 is 0 Å². The van der Waals surface area contributed by atoms with Crippen LogP contribution in [-0.2, 0) is 6.54 Å². The van der Waals surface area contributed by atoms with Crippen LogP contribution in [0.15, 0.2) is 6.07 Å². The number of anilines is 1. The van der Waals surface area contributed by atoms with Crippen molar-refractivity contribution in [3.8, 4) is 0 Å². The molecule has 2 heterocycles. The maximum absolute atomic E-state index is 4.55. The highest BCUT2D eigenvalue weighted by atomic mass is 15.2. The zero-order valence-corrected chi connectivity index (χ0v) is 12.5. The van der Waals surface area contributed by atoms with E-state index in [0.717, 1.165) is 37.0 Å². The van der Waals surface area contributed by atoms with E-state index < -0.39 is 0 Å². The van der Waals surface area contributed by atoms with Gasteiger partial charge in [0.2, 0.25) is 0 Å². The average molecular weight is 263 g/mol. The summed E-state index contributed by atoms with van der Waals surface area (Å²) in [7, 11) is 4.09. The molecule has 1 fully saturated rings. The minimum atomic E-state index is 0.551. The van der Waals surface area contributed by atoms with Crippen molar-refractivity contribution in [3.05, 3.63) is 17.6 Å². The summed E-state index contributed by atoms with van der Waals surface area (Å²) >= 11 is 0. The topological polar surface area (TPSA) is 44.3 Å². The Morgan fingerprint density at radius 3 is 2.89 bits per heavy atom. The van der Waals surface area contributed by atoms with Crippen molar-refractivity contribution in [2.24, 2.45) is 0 Å². The highest BCUT2D eigenvalue weighted by Crippen LogP contribution is 2.13. The van der Waals surface area contributed by atoms with E-state index in [9.17, 15) is 0 Å². The smallest absolute Gasteiger partial charge is 0.144 e. The van der Waals surface area contributed by atoms with E-state index in [1.54, 1.807) is 0 Å². The monoisotopic (exact) mass is 263 g/mol. The first kappa shape index (κ1) is 14.2. The Balaban J connectivity index is 2.09. The van der Waals surface area contributed by atoms with Crippen LogP contribution < -0.4 is 5.32 Å². The molecular formula is C14H25N5. The second-order valence-electron chi connectivity index (χ2n) is 5.50. The zero-order chi connectivity index (χ0) is 13.8. The van der Waals surface area contributed by atoms with Crippen molar-refractivity contribution in [1.82, 2.24) is 19.8 Å². The summed E-state index contributed by atoms with van der Waals surface area (Å²) in [5.41, 5.74) is 1.02. The molecular weight excluding hydrogens is 238 g/mol. The predicted octanol–water partition coefficient (Wildman–Crippen LogP) is 1.35. The highest BCUT2D eigenvalue weighted by Gasteiger charge is 2.20. The molecule has 0 aromatic carbocycles. The Morgan fingerprint density at radius 1 is 1.37 bits per heavy atom. The molecule has 1 atom stereocenters. The van der Waals surface area contributed by atoms with Gasteiger partial charge in [-0.25, -0.2) is 9.97 Å². The van der Waals surface area contributed by atoms with Gasteiger partial charge in [0.1, 0.15) is 11.6 Å². The van der Waals surface area contributed by atoms with Gasteiger partial charge in [0.15, 0.2) is 0 Å². The van der Waals surface area contributed by atoms with Crippen molar-refractivity contribution in [3.63, 3.8) is 0 Å². The van der Waals surface area contributed by atoms with E-state index in [1.807, 2.05) is 20.0 Å². The first-order valence-corrected chi connectivity index (χ1v) is 7.03. The number of aryl methyl sites for hydroxylation is 1. The minimum absolute atomic E-state index is 0.551. The van der Waals surface area contributed by atoms with Crippen LogP contribution in [0.25, 0.3) is 0 Å². The second kappa shape index (κ2) is 6.30. The average Bonchev–Trinajstić information content (AvgIpc) is 2.50. The highest BCUT2D eigenvalue weighted by molar-refractivity contribution is 5.34. The fourth-order valence-corrected chi connectivity index (χ4v) is 2.67. The Hall–Kier alpha value is -1.20. The molecule has 0 amide bonds. The van der Waals surface area contributed by atoms with Gasteiger partial charge in [0, 0.05) is 37.9 Å². The Bertz CT molecular complexity index is 420. The molecule has 1 aliphatic heterocycles. The molecule has 0 aliphatic carbocycles. The van der Waals surface area contributed by atoms with Gasteiger partial charge in [0.05, 0.1) is 6.54 Å². The Labute approximate surface area is 116 Å². The molecule has 1 unspecified atom stereocenters. The molecule has 1 aromatic rings.